The van der Waals surface area contributed by atoms with Crippen molar-refractivity contribution in [3.63, 3.8) is 0 Å². The summed E-state index contributed by atoms with van der Waals surface area (Å²) in [6.45, 7) is 4.50. The first-order valence-electron chi connectivity index (χ1n) is 9.74. The third kappa shape index (κ3) is 5.02. The smallest absolute Gasteiger partial charge is 0.337 e. The van der Waals surface area contributed by atoms with Crippen molar-refractivity contribution in [1.82, 2.24) is 4.90 Å². The number of methoxy groups -OCH3 is 1. The van der Waals surface area contributed by atoms with E-state index in [4.69, 9.17) is 4.74 Å². The van der Waals surface area contributed by atoms with Crippen LogP contribution >= 0.6 is 0 Å². The lowest BCUT2D eigenvalue weighted by atomic mass is 10.1. The molecule has 2 atom stereocenters. The first kappa shape index (κ1) is 20.6. The Morgan fingerprint density at radius 2 is 1.79 bits per heavy atom. The van der Waals surface area contributed by atoms with Crippen LogP contribution in [0.1, 0.15) is 36.2 Å². The summed E-state index contributed by atoms with van der Waals surface area (Å²) in [5.41, 5.74) is 1.94. The number of benzene rings is 2. The van der Waals surface area contributed by atoms with Crippen molar-refractivity contribution in [2.45, 2.75) is 32.9 Å². The lowest BCUT2D eigenvalue weighted by Crippen LogP contribution is -2.38. The zero-order chi connectivity index (χ0) is 21.0. The highest BCUT2D eigenvalue weighted by atomic mass is 16.5. The van der Waals surface area contributed by atoms with Gasteiger partial charge in [-0.05, 0) is 44.0 Å². The molecule has 2 unspecified atom stereocenters. The first-order valence-corrected chi connectivity index (χ1v) is 9.74. The first-order chi connectivity index (χ1) is 13.9. The number of carbonyl (C=O) groups is 3. The van der Waals surface area contributed by atoms with E-state index in [2.05, 4.69) is 5.32 Å². The fraction of sp³-hybridized carbons (Fsp3) is 0.348. The number of carbonyl (C=O) groups excluding carboxylic acids is 3. The highest BCUT2D eigenvalue weighted by Crippen LogP contribution is 2.41. The number of nitrogens with one attached hydrogen (secondary N) is 1. The molecule has 2 amide bonds. The van der Waals surface area contributed by atoms with Crippen molar-refractivity contribution in [3.8, 4) is 0 Å². The van der Waals surface area contributed by atoms with Crippen molar-refractivity contribution in [1.29, 1.82) is 0 Å². The summed E-state index contributed by atoms with van der Waals surface area (Å²) in [5.74, 6) is -1.30. The van der Waals surface area contributed by atoms with E-state index in [9.17, 15) is 14.4 Å². The standard InChI is InChI=1S/C23H26N2O4/c1-15(2)25(14-16-8-5-4-6-9-16)22(27)20-13-19(20)21(26)24-18-11-7-10-17(12-18)23(28)29-3/h4-12,15,19-20H,13-14H2,1-3H3,(H,24,26). The van der Waals surface area contributed by atoms with E-state index in [-0.39, 0.29) is 29.7 Å². The van der Waals surface area contributed by atoms with Gasteiger partial charge in [0.25, 0.3) is 0 Å². The molecule has 29 heavy (non-hydrogen) atoms. The lowest BCUT2D eigenvalue weighted by Gasteiger charge is -2.27. The maximum Gasteiger partial charge on any atom is 0.337 e. The molecule has 0 bridgehead atoms. The fourth-order valence-corrected chi connectivity index (χ4v) is 3.34. The Morgan fingerprint density at radius 3 is 2.45 bits per heavy atom. The molecule has 6 nitrogen and oxygen atoms in total. The van der Waals surface area contributed by atoms with Crippen molar-refractivity contribution in [2.24, 2.45) is 11.8 Å². The number of hydrogen-bond donors (Lipinski definition) is 1. The molecule has 0 radical (unpaired) electrons. The van der Waals surface area contributed by atoms with Gasteiger partial charge in [-0.15, -0.1) is 0 Å². The van der Waals surface area contributed by atoms with Gasteiger partial charge in [-0.2, -0.15) is 0 Å². The molecule has 3 rings (SSSR count). The van der Waals surface area contributed by atoms with E-state index >= 15 is 0 Å². The number of hydrogen-bond acceptors (Lipinski definition) is 4. The van der Waals surface area contributed by atoms with Crippen LogP contribution in [0.15, 0.2) is 54.6 Å². The lowest BCUT2D eigenvalue weighted by molar-refractivity contribution is -0.136. The largest absolute Gasteiger partial charge is 0.465 e. The molecule has 0 aromatic heterocycles. The van der Waals surface area contributed by atoms with E-state index in [1.54, 1.807) is 24.3 Å². The van der Waals surface area contributed by atoms with Crippen LogP contribution in [0.4, 0.5) is 5.69 Å². The molecule has 1 fully saturated rings. The summed E-state index contributed by atoms with van der Waals surface area (Å²) >= 11 is 0. The molecule has 2 aromatic carbocycles. The molecule has 0 aliphatic heterocycles. The average Bonchev–Trinajstić information content (AvgIpc) is 3.53. The van der Waals surface area contributed by atoms with Gasteiger partial charge >= 0.3 is 5.97 Å². The Labute approximate surface area is 170 Å². The second-order valence-electron chi connectivity index (χ2n) is 7.56. The van der Waals surface area contributed by atoms with Crippen LogP contribution in [-0.4, -0.2) is 35.8 Å². The highest BCUT2D eigenvalue weighted by molar-refractivity contribution is 6.00. The minimum atomic E-state index is -0.464. The van der Waals surface area contributed by atoms with Gasteiger partial charge in [0.2, 0.25) is 11.8 Å². The third-order valence-corrected chi connectivity index (χ3v) is 5.10. The molecule has 1 saturated carbocycles. The molecule has 1 aliphatic rings. The van der Waals surface area contributed by atoms with Crippen LogP contribution in [0.3, 0.4) is 0 Å². The maximum absolute atomic E-state index is 13.0. The topological polar surface area (TPSA) is 75.7 Å². The zero-order valence-corrected chi connectivity index (χ0v) is 16.9. The Morgan fingerprint density at radius 1 is 1.07 bits per heavy atom. The van der Waals surface area contributed by atoms with E-state index < -0.39 is 5.97 Å². The SMILES string of the molecule is COC(=O)c1cccc(NC(=O)C2CC2C(=O)N(Cc2ccccc2)C(C)C)c1. The summed E-state index contributed by atoms with van der Waals surface area (Å²) in [7, 11) is 1.31. The Bertz CT molecular complexity index is 895. The maximum atomic E-state index is 13.0. The molecule has 0 heterocycles. The van der Waals surface area contributed by atoms with Gasteiger partial charge < -0.3 is 15.0 Å². The number of rotatable bonds is 7. The summed E-state index contributed by atoms with van der Waals surface area (Å²) in [4.78, 5) is 39.0. The van der Waals surface area contributed by atoms with Gasteiger partial charge in [-0.3, -0.25) is 9.59 Å². The summed E-state index contributed by atoms with van der Waals surface area (Å²) in [5, 5.41) is 2.81. The van der Waals surface area contributed by atoms with Crippen LogP contribution in [-0.2, 0) is 20.9 Å². The number of nitrogens with zero attached hydrogens (tertiary/aromatic N) is 1. The molecule has 2 aromatic rings. The molecule has 0 spiro atoms. The Kier molecular flexibility index (Phi) is 6.32. The highest BCUT2D eigenvalue weighted by Gasteiger charge is 2.49. The van der Waals surface area contributed by atoms with Crippen LogP contribution in [0.2, 0.25) is 0 Å². The fourth-order valence-electron chi connectivity index (χ4n) is 3.34. The number of ether oxygens (including phenoxy) is 1. The Balaban J connectivity index is 1.62. The van der Waals surface area contributed by atoms with Crippen LogP contribution < -0.4 is 5.32 Å². The molecule has 1 N–H and O–H groups in total. The van der Waals surface area contributed by atoms with Crippen molar-refractivity contribution in [3.05, 3.63) is 65.7 Å². The van der Waals surface area contributed by atoms with E-state index in [0.717, 1.165) is 5.56 Å². The van der Waals surface area contributed by atoms with Gasteiger partial charge in [0.1, 0.15) is 0 Å². The van der Waals surface area contributed by atoms with Gasteiger partial charge in [0, 0.05) is 18.3 Å². The normalized spacial score (nSPS) is 17.5. The number of esters is 1. The average molecular weight is 394 g/mol. The van der Waals surface area contributed by atoms with E-state index in [0.29, 0.717) is 24.2 Å². The second-order valence-corrected chi connectivity index (χ2v) is 7.56. The molecule has 6 heteroatoms. The predicted octanol–water partition coefficient (Wildman–Crippen LogP) is 3.49. The third-order valence-electron chi connectivity index (χ3n) is 5.10. The molecule has 1 aliphatic carbocycles. The van der Waals surface area contributed by atoms with Crippen molar-refractivity contribution < 1.29 is 19.1 Å². The minimum absolute atomic E-state index is 0.00677. The minimum Gasteiger partial charge on any atom is -0.465 e. The van der Waals surface area contributed by atoms with Crippen LogP contribution in [0, 0.1) is 11.8 Å². The monoisotopic (exact) mass is 394 g/mol. The number of anilines is 1. The Hall–Kier alpha value is -3.15. The van der Waals surface area contributed by atoms with Gasteiger partial charge in [-0.25, -0.2) is 4.79 Å². The molecular formula is C23H26N2O4. The summed E-state index contributed by atoms with van der Waals surface area (Å²) < 4.78 is 4.70. The van der Waals surface area contributed by atoms with Gasteiger partial charge in [0.15, 0.2) is 0 Å². The van der Waals surface area contributed by atoms with E-state index in [1.807, 2.05) is 49.1 Å². The summed E-state index contributed by atoms with van der Waals surface area (Å²) in [6.07, 6.45) is 0.541. The predicted molar refractivity (Wildman–Crippen MR) is 110 cm³/mol. The number of amides is 2. The van der Waals surface area contributed by atoms with Crippen molar-refractivity contribution >= 4 is 23.5 Å². The van der Waals surface area contributed by atoms with Crippen LogP contribution in [0.5, 0.6) is 0 Å². The van der Waals surface area contributed by atoms with Gasteiger partial charge in [-0.1, -0.05) is 36.4 Å². The van der Waals surface area contributed by atoms with E-state index in [1.165, 1.54) is 7.11 Å². The second kappa shape index (κ2) is 8.90. The zero-order valence-electron chi connectivity index (χ0n) is 16.9. The molecular weight excluding hydrogens is 368 g/mol. The van der Waals surface area contributed by atoms with Crippen LogP contribution in [0.25, 0.3) is 0 Å². The van der Waals surface area contributed by atoms with Crippen molar-refractivity contribution in [2.75, 3.05) is 12.4 Å². The summed E-state index contributed by atoms with van der Waals surface area (Å²) in [6, 6.07) is 16.5. The quantitative estimate of drug-likeness (QED) is 0.730. The van der Waals surface area contributed by atoms with Gasteiger partial charge in [0.05, 0.1) is 24.5 Å². The molecule has 152 valence electrons. The molecule has 0 saturated heterocycles.